The van der Waals surface area contributed by atoms with Gasteiger partial charge in [0, 0.05) is 61.9 Å². The second kappa shape index (κ2) is 12.4. The van der Waals surface area contributed by atoms with E-state index in [0.717, 1.165) is 0 Å². The molecule has 2 amide bonds. The number of hydrogen-bond acceptors (Lipinski definition) is 13. The Morgan fingerprint density at radius 2 is 1.93 bits per heavy atom. The zero-order valence-electron chi connectivity index (χ0n) is 22.2. The quantitative estimate of drug-likeness (QED) is 0.0556. The number of nitrogens with one attached hydrogen (secondary N) is 3. The van der Waals surface area contributed by atoms with Crippen molar-refractivity contribution in [2.75, 3.05) is 44.9 Å². The summed E-state index contributed by atoms with van der Waals surface area (Å²) in [5.41, 5.74) is 10.7. The Morgan fingerprint density at radius 1 is 1.23 bits per heavy atom. The van der Waals surface area contributed by atoms with Crippen LogP contribution in [0.25, 0.3) is 0 Å². The van der Waals surface area contributed by atoms with E-state index in [1.165, 1.54) is 28.7 Å². The molecule has 3 aliphatic heterocycles. The second-order valence-electron chi connectivity index (χ2n) is 9.82. The number of allylic oxidation sites excluding steroid dienone is 2. The number of carbonyl (C=O) groups is 5. The molecule has 14 nitrogen and oxygen atoms in total. The number of ether oxygens (including phenoxy) is 2. The number of piperazine rings is 1. The SMILES string of the molecule is COC12C(COC(N)=O)C3=C(C(=O)C(C)=C(NCCSSCCNC(=O)CCC(N)C(=O)O)C3=O)N1CC1NC12. The number of Topliss-reactive ketones (excluding diaryl/α,β-unsaturated/α-hetero) is 2. The summed E-state index contributed by atoms with van der Waals surface area (Å²) in [5.74, 6) is -1.42. The predicted molar refractivity (Wildman–Crippen MR) is 147 cm³/mol. The van der Waals surface area contributed by atoms with Gasteiger partial charge in [-0.1, -0.05) is 21.6 Å². The zero-order chi connectivity index (χ0) is 29.2. The van der Waals surface area contributed by atoms with Crippen molar-refractivity contribution in [3.63, 3.8) is 0 Å². The van der Waals surface area contributed by atoms with Crippen LogP contribution in [0.1, 0.15) is 19.8 Å². The fourth-order valence-corrected chi connectivity index (χ4v) is 7.38. The minimum Gasteiger partial charge on any atom is -0.480 e. The van der Waals surface area contributed by atoms with Gasteiger partial charge in [-0.15, -0.1) is 0 Å². The molecule has 5 unspecified atom stereocenters. The van der Waals surface area contributed by atoms with Crippen molar-refractivity contribution < 1.29 is 38.6 Å². The van der Waals surface area contributed by atoms with Gasteiger partial charge in [0.2, 0.25) is 17.5 Å². The van der Waals surface area contributed by atoms with Crippen molar-refractivity contribution in [1.29, 1.82) is 0 Å². The molecule has 4 aliphatic rings. The third-order valence-corrected chi connectivity index (χ3v) is 9.91. The number of rotatable bonds is 15. The summed E-state index contributed by atoms with van der Waals surface area (Å²) >= 11 is 0. The average Bonchev–Trinajstić information content (AvgIpc) is 3.53. The lowest BCUT2D eigenvalue weighted by Crippen LogP contribution is -2.55. The maximum atomic E-state index is 13.7. The van der Waals surface area contributed by atoms with Crippen LogP contribution in [-0.2, 0) is 28.7 Å². The molecule has 2 fully saturated rings. The lowest BCUT2D eigenvalue weighted by atomic mass is 9.82. The number of amides is 2. The van der Waals surface area contributed by atoms with Crippen LogP contribution in [0.4, 0.5) is 4.79 Å². The van der Waals surface area contributed by atoms with Crippen LogP contribution in [0.3, 0.4) is 0 Å². The standard InChI is InChI=1S/C24H34N6O8S2/c1-11-17(28-6-8-40-39-7-5-27-15(31)4-3-13(25)22(34)35)20(33)16-12(10-38-23(26)36)24(37-2)21-14(29-21)9-30(24)18(16)19(11)32/h12-14,21,28-29H,3-10,25H2,1-2H3,(H2,26,36)(H,27,31)(H,34,35). The van der Waals surface area contributed by atoms with Crippen molar-refractivity contribution in [3.8, 4) is 0 Å². The van der Waals surface area contributed by atoms with Crippen LogP contribution in [0, 0.1) is 5.92 Å². The normalized spacial score (nSPS) is 27.3. The number of carbonyl (C=O) groups excluding carboxylic acids is 4. The molecule has 0 radical (unpaired) electrons. The van der Waals surface area contributed by atoms with E-state index in [-0.39, 0.29) is 60.3 Å². The van der Waals surface area contributed by atoms with Crippen LogP contribution in [0.15, 0.2) is 22.5 Å². The maximum Gasteiger partial charge on any atom is 0.404 e. The van der Waals surface area contributed by atoms with Gasteiger partial charge >= 0.3 is 12.1 Å². The first-order valence-corrected chi connectivity index (χ1v) is 15.3. The molecule has 0 aromatic rings. The maximum absolute atomic E-state index is 13.7. The lowest BCUT2D eigenvalue weighted by Gasteiger charge is -2.39. The van der Waals surface area contributed by atoms with Gasteiger partial charge in [-0.3, -0.25) is 19.2 Å². The molecule has 3 heterocycles. The topological polar surface area (TPSA) is 225 Å². The summed E-state index contributed by atoms with van der Waals surface area (Å²) in [6, 6.07) is -1.04. The van der Waals surface area contributed by atoms with Crippen molar-refractivity contribution in [2.24, 2.45) is 17.4 Å². The highest BCUT2D eigenvalue weighted by Gasteiger charge is 2.72. The van der Waals surface area contributed by atoms with E-state index in [9.17, 15) is 24.0 Å². The molecule has 220 valence electrons. The van der Waals surface area contributed by atoms with Gasteiger partial charge in [0.1, 0.15) is 12.6 Å². The Hall–Kier alpha value is -2.79. The summed E-state index contributed by atoms with van der Waals surface area (Å²) in [4.78, 5) is 63.0. The number of ketones is 2. The number of nitrogens with zero attached hydrogens (tertiary/aromatic N) is 1. The van der Waals surface area contributed by atoms with E-state index in [0.29, 0.717) is 42.4 Å². The first-order valence-electron chi connectivity index (χ1n) is 12.8. The Labute approximate surface area is 238 Å². The molecule has 1 aliphatic carbocycles. The molecule has 0 aromatic carbocycles. The molecular weight excluding hydrogens is 564 g/mol. The number of carboxylic acids is 1. The molecule has 2 saturated heterocycles. The molecule has 16 heteroatoms. The minimum atomic E-state index is -1.14. The van der Waals surface area contributed by atoms with E-state index in [2.05, 4.69) is 16.0 Å². The number of nitrogens with two attached hydrogens (primary N) is 2. The number of primary amides is 1. The lowest BCUT2D eigenvalue weighted by molar-refractivity contribution is -0.138. The van der Waals surface area contributed by atoms with Gasteiger partial charge in [-0.25, -0.2) is 4.79 Å². The number of carboxylic acid groups (broad SMARTS) is 1. The Bertz CT molecular complexity index is 1160. The predicted octanol–water partition coefficient (Wildman–Crippen LogP) is -1.33. The highest BCUT2D eigenvalue weighted by Crippen LogP contribution is 2.55. The van der Waals surface area contributed by atoms with E-state index in [1.807, 2.05) is 4.90 Å². The number of fused-ring (bicyclic) bond motifs is 4. The number of hydrogen-bond donors (Lipinski definition) is 6. The van der Waals surface area contributed by atoms with Gasteiger partial charge < -0.3 is 46.9 Å². The zero-order valence-corrected chi connectivity index (χ0v) is 23.8. The van der Waals surface area contributed by atoms with E-state index < -0.39 is 29.7 Å². The van der Waals surface area contributed by atoms with Gasteiger partial charge in [-0.2, -0.15) is 0 Å². The highest BCUT2D eigenvalue weighted by molar-refractivity contribution is 8.76. The first-order chi connectivity index (χ1) is 19.0. The van der Waals surface area contributed by atoms with E-state index >= 15 is 0 Å². The van der Waals surface area contributed by atoms with Crippen LogP contribution in [-0.4, -0.2) is 108 Å². The van der Waals surface area contributed by atoms with E-state index in [4.69, 9.17) is 26.0 Å². The fourth-order valence-electron chi connectivity index (χ4n) is 5.57. The van der Waals surface area contributed by atoms with Gasteiger partial charge in [0.05, 0.1) is 23.4 Å². The summed E-state index contributed by atoms with van der Waals surface area (Å²) in [7, 11) is 4.59. The molecule has 0 bridgehead atoms. The van der Waals surface area contributed by atoms with Crippen molar-refractivity contribution in [1.82, 2.24) is 20.9 Å². The highest BCUT2D eigenvalue weighted by atomic mass is 33.1. The van der Waals surface area contributed by atoms with Crippen molar-refractivity contribution in [3.05, 3.63) is 22.5 Å². The second-order valence-corrected chi connectivity index (χ2v) is 12.5. The van der Waals surface area contributed by atoms with Crippen LogP contribution < -0.4 is 27.4 Å². The van der Waals surface area contributed by atoms with Gasteiger partial charge in [-0.05, 0) is 13.3 Å². The third-order valence-electron chi connectivity index (χ3n) is 7.51. The molecule has 4 rings (SSSR count). The largest absolute Gasteiger partial charge is 0.480 e. The Kier molecular flexibility index (Phi) is 9.34. The first kappa shape index (κ1) is 30.2. The Balaban J connectivity index is 1.28. The monoisotopic (exact) mass is 598 g/mol. The van der Waals surface area contributed by atoms with Crippen LogP contribution in [0.5, 0.6) is 0 Å². The average molecular weight is 599 g/mol. The van der Waals surface area contributed by atoms with Crippen molar-refractivity contribution in [2.45, 2.75) is 43.6 Å². The molecule has 40 heavy (non-hydrogen) atoms. The summed E-state index contributed by atoms with van der Waals surface area (Å²) < 4.78 is 11.1. The Morgan fingerprint density at radius 3 is 2.58 bits per heavy atom. The van der Waals surface area contributed by atoms with Gasteiger partial charge in [0.25, 0.3) is 0 Å². The number of methoxy groups -OCH3 is 1. The molecule has 8 N–H and O–H groups in total. The summed E-state index contributed by atoms with van der Waals surface area (Å²) in [5, 5.41) is 17.9. The van der Waals surface area contributed by atoms with Gasteiger partial charge in [0.15, 0.2) is 5.72 Å². The molecular formula is C24H34N6O8S2. The summed E-state index contributed by atoms with van der Waals surface area (Å²) in [6.07, 6.45) is -0.850. The smallest absolute Gasteiger partial charge is 0.404 e. The fraction of sp³-hybridized carbons (Fsp3) is 0.625. The number of aliphatic carboxylic acids is 1. The van der Waals surface area contributed by atoms with E-state index in [1.54, 1.807) is 6.92 Å². The molecule has 0 aromatic heterocycles. The minimum absolute atomic E-state index is 0.0467. The third kappa shape index (κ3) is 5.68. The molecule has 5 atom stereocenters. The van der Waals surface area contributed by atoms with Crippen LogP contribution >= 0.6 is 21.6 Å². The molecule has 0 spiro atoms. The van der Waals surface area contributed by atoms with Crippen molar-refractivity contribution >= 4 is 51.1 Å². The van der Waals surface area contributed by atoms with Crippen LogP contribution in [0.2, 0.25) is 0 Å². The molecule has 0 saturated carbocycles. The summed E-state index contributed by atoms with van der Waals surface area (Å²) in [6.45, 7) is 2.77.